The van der Waals surface area contributed by atoms with Crippen LogP contribution in [-0.2, 0) is 6.42 Å². The van der Waals surface area contributed by atoms with Crippen molar-refractivity contribution in [2.24, 2.45) is 4.99 Å². The number of halogens is 3. The maximum absolute atomic E-state index is 12.8. The largest absolute Gasteiger partial charge is 0.573 e. The first-order valence-corrected chi connectivity index (χ1v) is 15.3. The second kappa shape index (κ2) is 13.5. The van der Waals surface area contributed by atoms with E-state index in [4.69, 9.17) is 0 Å². The minimum absolute atomic E-state index is 0.308. The highest BCUT2D eigenvalue weighted by Gasteiger charge is 2.31. The fourth-order valence-electron chi connectivity index (χ4n) is 4.90. The van der Waals surface area contributed by atoms with Gasteiger partial charge in [-0.25, -0.2) is 14.5 Å². The van der Waals surface area contributed by atoms with Gasteiger partial charge in [0.15, 0.2) is 10.6 Å². The third-order valence-electron chi connectivity index (χ3n) is 7.06. The van der Waals surface area contributed by atoms with E-state index in [1.807, 2.05) is 41.1 Å². The van der Waals surface area contributed by atoms with Gasteiger partial charge in [0.2, 0.25) is 0 Å². The molecule has 3 aromatic carbocycles. The number of aryl methyl sites for hydroxylation is 3. The molecule has 8 nitrogen and oxygen atoms in total. The highest BCUT2D eigenvalue weighted by atomic mass is 32.1. The van der Waals surface area contributed by atoms with Crippen LogP contribution in [0.5, 0.6) is 5.75 Å². The van der Waals surface area contributed by atoms with Gasteiger partial charge in [-0.1, -0.05) is 44.2 Å². The number of nitrogens with zero attached hydrogens (tertiary/aromatic N) is 5. The van der Waals surface area contributed by atoms with E-state index in [2.05, 4.69) is 64.1 Å². The van der Waals surface area contributed by atoms with Crippen molar-refractivity contribution < 1.29 is 22.7 Å². The molecule has 2 aromatic heterocycles. The van der Waals surface area contributed by atoms with Crippen LogP contribution in [-0.4, -0.2) is 38.3 Å². The Bertz CT molecular complexity index is 1860. The minimum Gasteiger partial charge on any atom is -0.406 e. The molecule has 0 atom stereocenters. The molecule has 0 saturated carbocycles. The summed E-state index contributed by atoms with van der Waals surface area (Å²) < 4.78 is 44.8. The molecule has 0 aliphatic rings. The Morgan fingerprint density at radius 2 is 1.84 bits per heavy atom. The monoisotopic (exact) mass is 634 g/mol. The van der Waals surface area contributed by atoms with Gasteiger partial charge in [-0.2, -0.15) is 4.99 Å². The molecule has 0 radical (unpaired) electrons. The number of benzene rings is 3. The van der Waals surface area contributed by atoms with Crippen molar-refractivity contribution in [2.45, 2.75) is 52.8 Å². The maximum atomic E-state index is 12.8. The topological polar surface area (TPSA) is 86.3 Å². The molecule has 0 saturated heterocycles. The van der Waals surface area contributed by atoms with E-state index in [1.165, 1.54) is 52.2 Å². The lowest BCUT2D eigenvalue weighted by atomic mass is 9.99. The Morgan fingerprint density at radius 1 is 1.07 bits per heavy atom. The van der Waals surface area contributed by atoms with Crippen molar-refractivity contribution in [3.8, 4) is 28.5 Å². The highest BCUT2D eigenvalue weighted by Crippen LogP contribution is 2.26. The van der Waals surface area contributed by atoms with Crippen LogP contribution in [0.25, 0.3) is 22.8 Å². The van der Waals surface area contributed by atoms with Crippen LogP contribution in [0.4, 0.5) is 18.0 Å². The first-order valence-electron chi connectivity index (χ1n) is 14.4. The van der Waals surface area contributed by atoms with E-state index in [0.29, 0.717) is 41.6 Å². The molecule has 2 heterocycles. The Hall–Kier alpha value is -4.71. The van der Waals surface area contributed by atoms with Gasteiger partial charge in [-0.15, -0.1) is 29.6 Å². The molecule has 2 amide bonds. The number of alkyl halides is 3. The smallest absolute Gasteiger partial charge is 0.406 e. The second-order valence-corrected chi connectivity index (χ2v) is 11.8. The third kappa shape index (κ3) is 8.07. The normalized spacial score (nSPS) is 12.1. The summed E-state index contributed by atoms with van der Waals surface area (Å²) in [6.07, 6.45) is -1.82. The average Bonchev–Trinajstić information content (AvgIpc) is 3.62. The van der Waals surface area contributed by atoms with E-state index < -0.39 is 6.36 Å². The van der Waals surface area contributed by atoms with Gasteiger partial charge in [-0.3, -0.25) is 4.57 Å². The number of aromatic nitrogens is 4. The number of amides is 2. The van der Waals surface area contributed by atoms with E-state index >= 15 is 0 Å². The van der Waals surface area contributed by atoms with Gasteiger partial charge < -0.3 is 10.1 Å². The van der Waals surface area contributed by atoms with E-state index in [9.17, 15) is 18.0 Å². The lowest BCUT2D eigenvalue weighted by molar-refractivity contribution is -0.274. The van der Waals surface area contributed by atoms with E-state index in [-0.39, 0.29) is 11.8 Å². The van der Waals surface area contributed by atoms with Gasteiger partial charge in [0, 0.05) is 23.2 Å². The Morgan fingerprint density at radius 3 is 2.58 bits per heavy atom. The number of carbonyl (C=O) groups is 1. The predicted molar refractivity (Wildman–Crippen MR) is 168 cm³/mol. The van der Waals surface area contributed by atoms with Crippen LogP contribution in [0.2, 0.25) is 0 Å². The number of ether oxygens (including phenoxy) is 1. The lowest BCUT2D eigenvalue weighted by Crippen LogP contribution is -2.26. The van der Waals surface area contributed by atoms with Crippen molar-refractivity contribution in [1.29, 1.82) is 0 Å². The van der Waals surface area contributed by atoms with E-state index in [0.717, 1.165) is 28.1 Å². The summed E-state index contributed by atoms with van der Waals surface area (Å²) in [6, 6.07) is 19.2. The molecule has 1 N–H and O–H groups in total. The van der Waals surface area contributed by atoms with Crippen molar-refractivity contribution >= 4 is 17.4 Å². The number of nitrogens with one attached hydrogen (secondary N) is 1. The summed E-state index contributed by atoms with van der Waals surface area (Å²) >= 11 is 1.44. The van der Waals surface area contributed by atoms with Crippen LogP contribution in [0.3, 0.4) is 0 Å². The van der Waals surface area contributed by atoms with Crippen LogP contribution < -0.4 is 14.9 Å². The summed E-state index contributed by atoms with van der Waals surface area (Å²) in [6.45, 7) is 8.84. The standard InChI is InChI=1S/C33H33F3N6O2S/c1-21(2)28-15-10-22(3)17-29(28)42-23(4)19-45-32(42)39-31(43)37-16-6-8-24-7-5-9-25(18-24)30-38-20-41(40-30)26-11-13-27(14-12-26)44-33(34,35)36/h5,7,9-15,17-21H,6,8,16H2,1-4H3,(H,37,43)/b39-32-. The number of urea groups is 1. The number of rotatable bonds is 9. The van der Waals surface area contributed by atoms with Crippen LogP contribution >= 0.6 is 11.3 Å². The van der Waals surface area contributed by atoms with Gasteiger partial charge in [0.1, 0.15) is 12.1 Å². The zero-order valence-electron chi connectivity index (χ0n) is 25.3. The van der Waals surface area contributed by atoms with Crippen molar-refractivity contribution in [1.82, 2.24) is 24.6 Å². The van der Waals surface area contributed by atoms with Crippen LogP contribution in [0, 0.1) is 13.8 Å². The average molecular weight is 635 g/mol. The van der Waals surface area contributed by atoms with E-state index in [1.54, 1.807) is 0 Å². The van der Waals surface area contributed by atoms with Crippen molar-refractivity contribution in [3.63, 3.8) is 0 Å². The Balaban J connectivity index is 1.19. The van der Waals surface area contributed by atoms with Crippen LogP contribution in [0.15, 0.2) is 83.4 Å². The number of carbonyl (C=O) groups excluding carboxylic acids is 1. The molecule has 5 rings (SSSR count). The first-order chi connectivity index (χ1) is 21.5. The molecular formula is C33H33F3N6O2S. The summed E-state index contributed by atoms with van der Waals surface area (Å²) in [7, 11) is 0. The molecule has 0 unspecified atom stereocenters. The number of hydrogen-bond acceptors (Lipinski definition) is 5. The van der Waals surface area contributed by atoms with Gasteiger partial charge in [0.25, 0.3) is 0 Å². The molecule has 0 bridgehead atoms. The molecule has 0 fully saturated rings. The predicted octanol–water partition coefficient (Wildman–Crippen LogP) is 7.67. The molecule has 0 aliphatic heterocycles. The highest BCUT2D eigenvalue weighted by molar-refractivity contribution is 7.07. The molecule has 45 heavy (non-hydrogen) atoms. The number of hydrogen-bond donors (Lipinski definition) is 1. The number of thiazole rings is 1. The van der Waals surface area contributed by atoms with Gasteiger partial charge >= 0.3 is 12.4 Å². The zero-order chi connectivity index (χ0) is 32.1. The third-order valence-corrected chi connectivity index (χ3v) is 8.00. The Kier molecular flexibility index (Phi) is 9.52. The van der Waals surface area contributed by atoms with Gasteiger partial charge in [0.05, 0.1) is 11.4 Å². The van der Waals surface area contributed by atoms with Crippen molar-refractivity contribution in [3.05, 3.63) is 106 Å². The molecule has 234 valence electrons. The molecule has 5 aromatic rings. The molecular weight excluding hydrogens is 601 g/mol. The fourth-order valence-corrected chi connectivity index (χ4v) is 5.76. The second-order valence-electron chi connectivity index (χ2n) is 10.9. The first kappa shape index (κ1) is 31.7. The lowest BCUT2D eigenvalue weighted by Gasteiger charge is -2.16. The molecule has 0 spiro atoms. The zero-order valence-corrected chi connectivity index (χ0v) is 26.1. The fraction of sp³-hybridized carbons (Fsp3) is 0.273. The summed E-state index contributed by atoms with van der Waals surface area (Å²) in [5, 5.41) is 9.40. The SMILES string of the molecule is Cc1ccc(C(C)C)c(-n2c(C)cs/c2=N\C(=O)NCCCc2cccc(-c3ncn(-c4ccc(OC(F)(F)F)cc4)n3)c2)c1. The molecule has 0 aliphatic carbocycles. The summed E-state index contributed by atoms with van der Waals surface area (Å²) in [5.41, 5.74) is 6.80. The van der Waals surface area contributed by atoms with Crippen LogP contribution in [0.1, 0.15) is 48.6 Å². The molecule has 12 heteroatoms. The Labute approximate surface area is 262 Å². The minimum atomic E-state index is -4.75. The summed E-state index contributed by atoms with van der Waals surface area (Å²) in [5.74, 6) is 0.492. The maximum Gasteiger partial charge on any atom is 0.573 e. The van der Waals surface area contributed by atoms with Gasteiger partial charge in [-0.05, 0) is 85.7 Å². The summed E-state index contributed by atoms with van der Waals surface area (Å²) in [4.78, 5) is 22.2. The quantitative estimate of drug-likeness (QED) is 0.169. The van der Waals surface area contributed by atoms with Crippen molar-refractivity contribution in [2.75, 3.05) is 6.54 Å².